The van der Waals surface area contributed by atoms with Gasteiger partial charge in [0.15, 0.2) is 0 Å². The number of rotatable bonds is 4. The number of aliphatic hydroxyl groups is 1. The molecule has 2 amide bonds. The third-order valence-electron chi connectivity index (χ3n) is 7.27. The van der Waals surface area contributed by atoms with E-state index in [-0.39, 0.29) is 35.7 Å². The summed E-state index contributed by atoms with van der Waals surface area (Å²) in [5.74, 6) is -2.02. The summed E-state index contributed by atoms with van der Waals surface area (Å²) < 4.78 is 4.75. The zero-order valence-electron chi connectivity index (χ0n) is 19.1. The van der Waals surface area contributed by atoms with Crippen molar-refractivity contribution in [3.05, 3.63) is 24.3 Å². The van der Waals surface area contributed by atoms with Crippen LogP contribution in [-0.4, -0.2) is 80.6 Å². The van der Waals surface area contributed by atoms with Gasteiger partial charge in [0.1, 0.15) is 6.04 Å². The molecule has 0 aromatic rings. The lowest BCUT2D eigenvalue weighted by Crippen LogP contribution is -2.57. The molecule has 0 aromatic heterocycles. The van der Waals surface area contributed by atoms with Crippen molar-refractivity contribution in [1.29, 1.82) is 0 Å². The second-order valence-corrected chi connectivity index (χ2v) is 10.9. The van der Waals surface area contributed by atoms with Crippen LogP contribution < -0.4 is 0 Å². The molecular formula is C24H34N2O5S. The molecule has 7 nitrogen and oxygen atoms in total. The van der Waals surface area contributed by atoms with Gasteiger partial charge >= 0.3 is 5.97 Å². The summed E-state index contributed by atoms with van der Waals surface area (Å²) in [6.45, 7) is 6.44. The minimum absolute atomic E-state index is 0.0236. The van der Waals surface area contributed by atoms with Crippen molar-refractivity contribution >= 4 is 29.5 Å². The molecule has 0 saturated carbocycles. The van der Waals surface area contributed by atoms with Crippen molar-refractivity contribution in [2.45, 2.75) is 74.6 Å². The van der Waals surface area contributed by atoms with Crippen LogP contribution in [0.4, 0.5) is 0 Å². The Morgan fingerprint density at radius 1 is 1.22 bits per heavy atom. The Labute approximate surface area is 194 Å². The molecule has 4 aliphatic heterocycles. The molecule has 8 heteroatoms. The molecule has 0 aliphatic carbocycles. The number of carbonyl (C=O) groups is 3. The molecule has 32 heavy (non-hydrogen) atoms. The number of hydrogen-bond acceptors (Lipinski definition) is 6. The SMILES string of the molecule is CC[C@@H](CO)N1C(=O)[C@@H]2[C@H]3C(=O)OCCCC/C=C\[C@H]3S[C@@]23C=CCN(C(C)C)C(=O)C13. The second kappa shape index (κ2) is 9.21. The lowest BCUT2D eigenvalue weighted by Gasteiger charge is -2.39. The molecule has 0 radical (unpaired) electrons. The zero-order valence-corrected chi connectivity index (χ0v) is 19.9. The maximum atomic E-state index is 14.0. The minimum Gasteiger partial charge on any atom is -0.465 e. The molecular weight excluding hydrogens is 428 g/mol. The van der Waals surface area contributed by atoms with Crippen LogP contribution in [-0.2, 0) is 19.1 Å². The summed E-state index contributed by atoms with van der Waals surface area (Å²) in [4.78, 5) is 44.5. The summed E-state index contributed by atoms with van der Waals surface area (Å²) in [5.41, 5.74) is 0. The number of hydrogen-bond donors (Lipinski definition) is 1. The number of amides is 2. The van der Waals surface area contributed by atoms with Crippen molar-refractivity contribution in [2.75, 3.05) is 19.8 Å². The average Bonchev–Trinajstić information content (AvgIpc) is 3.15. The number of esters is 1. The fourth-order valence-corrected chi connectivity index (χ4v) is 7.63. The first-order chi connectivity index (χ1) is 15.4. The van der Waals surface area contributed by atoms with Crippen LogP contribution >= 0.6 is 11.8 Å². The highest BCUT2D eigenvalue weighted by Gasteiger charge is 2.71. The Balaban J connectivity index is 1.85. The van der Waals surface area contributed by atoms with Gasteiger partial charge in [-0.3, -0.25) is 14.4 Å². The van der Waals surface area contributed by atoms with Crippen LogP contribution in [0, 0.1) is 11.8 Å². The van der Waals surface area contributed by atoms with E-state index >= 15 is 0 Å². The molecule has 176 valence electrons. The van der Waals surface area contributed by atoms with Crippen LogP contribution in [0.3, 0.4) is 0 Å². The number of likely N-dealkylation sites (tertiary alicyclic amines) is 1. The van der Waals surface area contributed by atoms with E-state index in [1.54, 1.807) is 21.6 Å². The first kappa shape index (κ1) is 23.4. The number of carbonyl (C=O) groups excluding carboxylic acids is 3. The van der Waals surface area contributed by atoms with Gasteiger partial charge in [0.2, 0.25) is 11.8 Å². The van der Waals surface area contributed by atoms with Gasteiger partial charge in [-0.1, -0.05) is 31.2 Å². The summed E-state index contributed by atoms with van der Waals surface area (Å²) in [7, 11) is 0. The number of nitrogens with zero attached hydrogens (tertiary/aromatic N) is 2. The first-order valence-corrected chi connectivity index (χ1v) is 12.7. The van der Waals surface area contributed by atoms with Gasteiger partial charge in [0.05, 0.1) is 35.8 Å². The van der Waals surface area contributed by atoms with Crippen molar-refractivity contribution in [2.24, 2.45) is 11.8 Å². The number of allylic oxidation sites excluding steroid dienone is 1. The van der Waals surface area contributed by atoms with Crippen LogP contribution in [0.5, 0.6) is 0 Å². The van der Waals surface area contributed by atoms with Crippen LogP contribution in [0.2, 0.25) is 0 Å². The molecule has 1 N–H and O–H groups in total. The number of ether oxygens (including phenoxy) is 1. The standard InChI is InChI=1S/C24H34N2O5S/c1-4-16(14-27)26-20-22(29)25(15(2)3)12-9-11-24(20)19(21(26)28)18-17(32-24)10-7-5-6-8-13-31-23(18)30/h7,9-11,15-20,27H,4-6,8,12-14H2,1-3H3/b10-7-/t16-,17+,18-,19-,20?,24-/m0/s1. The lowest BCUT2D eigenvalue weighted by molar-refractivity contribution is -0.153. The van der Waals surface area contributed by atoms with Crippen LogP contribution in [0.1, 0.15) is 46.5 Å². The van der Waals surface area contributed by atoms with Gasteiger partial charge in [-0.2, -0.15) is 0 Å². The van der Waals surface area contributed by atoms with E-state index in [4.69, 9.17) is 4.74 Å². The quantitative estimate of drug-likeness (QED) is 0.509. The molecule has 1 spiro atoms. The van der Waals surface area contributed by atoms with E-state index in [0.717, 1.165) is 19.3 Å². The third-order valence-corrected chi connectivity index (χ3v) is 9.01. The van der Waals surface area contributed by atoms with Crippen LogP contribution in [0.15, 0.2) is 24.3 Å². The van der Waals surface area contributed by atoms with Crippen molar-refractivity contribution in [1.82, 2.24) is 9.80 Å². The molecule has 2 saturated heterocycles. The van der Waals surface area contributed by atoms with Gasteiger partial charge in [0, 0.05) is 17.8 Å². The van der Waals surface area contributed by atoms with Gasteiger partial charge < -0.3 is 19.6 Å². The Bertz CT molecular complexity index is 823. The van der Waals surface area contributed by atoms with Gasteiger partial charge in [-0.25, -0.2) is 0 Å². The Morgan fingerprint density at radius 3 is 2.69 bits per heavy atom. The predicted octanol–water partition coefficient (Wildman–Crippen LogP) is 2.14. The highest BCUT2D eigenvalue weighted by Crippen LogP contribution is 2.61. The molecule has 4 rings (SSSR count). The zero-order chi connectivity index (χ0) is 23.0. The van der Waals surface area contributed by atoms with E-state index in [0.29, 0.717) is 19.6 Å². The molecule has 0 aromatic carbocycles. The van der Waals surface area contributed by atoms with E-state index in [1.165, 1.54) is 0 Å². The average molecular weight is 463 g/mol. The maximum Gasteiger partial charge on any atom is 0.311 e. The van der Waals surface area contributed by atoms with Crippen molar-refractivity contribution in [3.8, 4) is 0 Å². The fourth-order valence-electron chi connectivity index (χ4n) is 5.65. The molecule has 4 heterocycles. The normalized spacial score (nSPS) is 37.0. The van der Waals surface area contributed by atoms with Gasteiger partial charge in [0.25, 0.3) is 0 Å². The molecule has 4 aliphatic rings. The molecule has 6 atom stereocenters. The van der Waals surface area contributed by atoms with Gasteiger partial charge in [-0.05, 0) is 39.5 Å². The third kappa shape index (κ3) is 3.59. The maximum absolute atomic E-state index is 14.0. The summed E-state index contributed by atoms with van der Waals surface area (Å²) >= 11 is 1.55. The lowest BCUT2D eigenvalue weighted by atomic mass is 9.78. The monoisotopic (exact) mass is 462 g/mol. The molecule has 1 unspecified atom stereocenters. The van der Waals surface area contributed by atoms with E-state index in [9.17, 15) is 19.5 Å². The van der Waals surface area contributed by atoms with Crippen molar-refractivity contribution < 1.29 is 24.2 Å². The number of aliphatic hydroxyl groups excluding tert-OH is 1. The summed E-state index contributed by atoms with van der Waals surface area (Å²) in [6.07, 6.45) is 11.3. The summed E-state index contributed by atoms with van der Waals surface area (Å²) in [6, 6.07) is -1.24. The Hall–Kier alpha value is -1.80. The highest BCUT2D eigenvalue weighted by atomic mass is 32.2. The van der Waals surface area contributed by atoms with E-state index < -0.39 is 28.7 Å². The number of cyclic esters (lactones) is 1. The Morgan fingerprint density at radius 2 is 2.00 bits per heavy atom. The Kier molecular flexibility index (Phi) is 6.73. The number of thioether (sulfide) groups is 1. The van der Waals surface area contributed by atoms with Crippen molar-refractivity contribution in [3.63, 3.8) is 0 Å². The number of fused-ring (bicyclic) bond motifs is 2. The molecule has 0 bridgehead atoms. The smallest absolute Gasteiger partial charge is 0.311 e. The van der Waals surface area contributed by atoms with Gasteiger partial charge in [-0.15, -0.1) is 11.8 Å². The highest BCUT2D eigenvalue weighted by molar-refractivity contribution is 8.02. The molecule has 2 fully saturated rings. The van der Waals surface area contributed by atoms with Crippen LogP contribution in [0.25, 0.3) is 0 Å². The summed E-state index contributed by atoms with van der Waals surface area (Å²) in [5, 5.41) is 9.85. The second-order valence-electron chi connectivity index (χ2n) is 9.41. The van der Waals surface area contributed by atoms with E-state index in [1.807, 2.05) is 39.0 Å². The predicted molar refractivity (Wildman–Crippen MR) is 123 cm³/mol. The fraction of sp³-hybridized carbons (Fsp3) is 0.708. The largest absolute Gasteiger partial charge is 0.465 e. The minimum atomic E-state index is -0.854. The topological polar surface area (TPSA) is 87.2 Å². The first-order valence-electron chi connectivity index (χ1n) is 11.8. The van der Waals surface area contributed by atoms with E-state index in [2.05, 4.69) is 6.08 Å².